The van der Waals surface area contributed by atoms with Crippen LogP contribution in [0.4, 0.5) is 5.69 Å². The van der Waals surface area contributed by atoms with Gasteiger partial charge in [-0.3, -0.25) is 13.9 Å². The fourth-order valence-electron chi connectivity index (χ4n) is 6.05. The molecule has 0 radical (unpaired) electrons. The van der Waals surface area contributed by atoms with Crippen molar-refractivity contribution in [3.63, 3.8) is 0 Å². The van der Waals surface area contributed by atoms with Crippen LogP contribution in [0.2, 0.25) is 10.0 Å². The summed E-state index contributed by atoms with van der Waals surface area (Å²) in [6.07, 6.45) is 5.10. The smallest absolute Gasteiger partial charge is 0.264 e. The van der Waals surface area contributed by atoms with Crippen LogP contribution in [0.25, 0.3) is 0 Å². The maximum absolute atomic E-state index is 14.7. The van der Waals surface area contributed by atoms with Crippen molar-refractivity contribution in [2.24, 2.45) is 0 Å². The van der Waals surface area contributed by atoms with Crippen LogP contribution in [0.3, 0.4) is 0 Å². The molecule has 258 valence electrons. The van der Waals surface area contributed by atoms with Gasteiger partial charge in [0.25, 0.3) is 10.0 Å². The number of benzene rings is 4. The normalized spacial score (nSPS) is 14.1. The van der Waals surface area contributed by atoms with E-state index in [1.807, 2.05) is 37.3 Å². The summed E-state index contributed by atoms with van der Waals surface area (Å²) in [6, 6.07) is 26.4. The van der Waals surface area contributed by atoms with Crippen molar-refractivity contribution in [3.8, 4) is 5.75 Å². The van der Waals surface area contributed by atoms with Crippen LogP contribution in [0.15, 0.2) is 102 Å². The average Bonchev–Trinajstić information content (AvgIpc) is 3.10. The number of ether oxygens (including phenoxy) is 1. The van der Waals surface area contributed by atoms with Crippen LogP contribution < -0.4 is 14.4 Å². The Morgan fingerprint density at radius 1 is 0.898 bits per heavy atom. The van der Waals surface area contributed by atoms with Crippen molar-refractivity contribution in [2.75, 3.05) is 18.0 Å². The molecule has 0 aliphatic heterocycles. The van der Waals surface area contributed by atoms with Crippen LogP contribution in [0.1, 0.15) is 48.8 Å². The third-order valence-electron chi connectivity index (χ3n) is 8.83. The number of carbonyl (C=O) groups is 2. The van der Waals surface area contributed by atoms with E-state index in [4.69, 9.17) is 27.9 Å². The summed E-state index contributed by atoms with van der Waals surface area (Å²) in [5, 5.41) is 3.97. The highest BCUT2D eigenvalue weighted by Crippen LogP contribution is 2.28. The lowest BCUT2D eigenvalue weighted by Gasteiger charge is -2.35. The third kappa shape index (κ3) is 9.35. The molecule has 8 nitrogen and oxygen atoms in total. The highest BCUT2D eigenvalue weighted by atomic mass is 35.5. The number of amides is 2. The van der Waals surface area contributed by atoms with E-state index in [1.165, 1.54) is 24.1 Å². The van der Waals surface area contributed by atoms with Gasteiger partial charge in [0.2, 0.25) is 11.8 Å². The monoisotopic (exact) mass is 721 g/mol. The van der Waals surface area contributed by atoms with Gasteiger partial charge in [-0.25, -0.2) is 8.42 Å². The number of hydrogen-bond donors (Lipinski definition) is 1. The molecule has 0 saturated heterocycles. The molecule has 2 amide bonds. The summed E-state index contributed by atoms with van der Waals surface area (Å²) in [6.45, 7) is 1.29. The molecule has 0 unspecified atom stereocenters. The molecule has 0 bridgehead atoms. The number of anilines is 1. The largest absolute Gasteiger partial charge is 0.497 e. The van der Waals surface area contributed by atoms with E-state index >= 15 is 0 Å². The number of halogens is 2. The quantitative estimate of drug-likeness (QED) is 0.154. The topological polar surface area (TPSA) is 96.0 Å². The number of nitrogens with one attached hydrogen (secondary N) is 1. The van der Waals surface area contributed by atoms with E-state index in [9.17, 15) is 18.0 Å². The van der Waals surface area contributed by atoms with Gasteiger partial charge < -0.3 is 15.0 Å². The molecule has 49 heavy (non-hydrogen) atoms. The third-order valence-corrected chi connectivity index (χ3v) is 11.2. The van der Waals surface area contributed by atoms with Gasteiger partial charge in [-0.2, -0.15) is 0 Å². The van der Waals surface area contributed by atoms with E-state index < -0.39 is 28.5 Å². The van der Waals surface area contributed by atoms with Crippen LogP contribution in [-0.2, 0) is 32.6 Å². The Labute approximate surface area is 299 Å². The first-order valence-corrected chi connectivity index (χ1v) is 18.6. The standard InChI is InChI=1S/C38H41Cl2N3O5S/c1-27-13-17-32(18-14-27)43(49(46,47)34-21-19-33(48-2)20-22-34)26-37(44)42(25-29-15-16-30(39)24-35(29)40)36(23-28-9-5-3-6-10-28)38(45)41-31-11-7-4-8-12-31/h3,5-6,9-10,13-22,24,31,36H,4,7-8,11-12,23,25-26H2,1-2H3,(H,41,45)/t36-/m1/s1. The predicted octanol–water partition coefficient (Wildman–Crippen LogP) is 7.59. The number of hydrogen-bond acceptors (Lipinski definition) is 5. The van der Waals surface area contributed by atoms with E-state index in [0.29, 0.717) is 27.0 Å². The zero-order chi connectivity index (χ0) is 35.0. The van der Waals surface area contributed by atoms with Gasteiger partial charge in [0.05, 0.1) is 17.7 Å². The Kier molecular flexibility index (Phi) is 12.3. The molecule has 1 saturated carbocycles. The molecule has 11 heteroatoms. The van der Waals surface area contributed by atoms with Crippen LogP contribution >= 0.6 is 23.2 Å². The maximum Gasteiger partial charge on any atom is 0.264 e. The molecule has 1 N–H and O–H groups in total. The van der Waals surface area contributed by atoms with E-state index in [2.05, 4.69) is 5.32 Å². The first kappa shape index (κ1) is 36.2. The van der Waals surface area contributed by atoms with E-state index in [0.717, 1.165) is 47.5 Å². The summed E-state index contributed by atoms with van der Waals surface area (Å²) in [7, 11) is -2.75. The van der Waals surface area contributed by atoms with Gasteiger partial charge in [0.1, 0.15) is 18.3 Å². The lowest BCUT2D eigenvalue weighted by molar-refractivity contribution is -0.140. The Bertz CT molecular complexity index is 1830. The SMILES string of the molecule is COc1ccc(S(=O)(=O)N(CC(=O)N(Cc2ccc(Cl)cc2Cl)[C@H](Cc2ccccc2)C(=O)NC2CCCCC2)c2ccc(C)cc2)cc1. The van der Waals surface area contributed by atoms with Gasteiger partial charge in [-0.05, 0) is 79.4 Å². The first-order valence-electron chi connectivity index (χ1n) is 16.4. The van der Waals surface area contributed by atoms with Crippen molar-refractivity contribution >= 4 is 50.7 Å². The molecule has 1 aliphatic carbocycles. The predicted molar refractivity (Wildman–Crippen MR) is 195 cm³/mol. The van der Waals surface area contributed by atoms with Gasteiger partial charge in [-0.15, -0.1) is 0 Å². The summed E-state index contributed by atoms with van der Waals surface area (Å²) < 4.78 is 34.9. The van der Waals surface area contributed by atoms with Crippen LogP contribution in [0.5, 0.6) is 5.75 Å². The summed E-state index contributed by atoms with van der Waals surface area (Å²) in [5.41, 5.74) is 2.67. The van der Waals surface area contributed by atoms with Crippen molar-refractivity contribution in [3.05, 3.63) is 124 Å². The lowest BCUT2D eigenvalue weighted by Crippen LogP contribution is -2.55. The zero-order valence-corrected chi connectivity index (χ0v) is 30.0. The van der Waals surface area contributed by atoms with Crippen molar-refractivity contribution in [2.45, 2.75) is 69.0 Å². The van der Waals surface area contributed by atoms with Gasteiger partial charge in [0.15, 0.2) is 0 Å². The second kappa shape index (κ2) is 16.6. The fraction of sp³-hybridized carbons (Fsp3) is 0.316. The lowest BCUT2D eigenvalue weighted by atomic mass is 9.94. The Morgan fingerprint density at radius 2 is 1.57 bits per heavy atom. The molecule has 0 aromatic heterocycles. The second-order valence-corrected chi connectivity index (χ2v) is 15.0. The molecular formula is C38H41Cl2N3O5S. The first-order chi connectivity index (χ1) is 23.5. The molecule has 1 fully saturated rings. The summed E-state index contributed by atoms with van der Waals surface area (Å²) in [4.78, 5) is 30.4. The van der Waals surface area contributed by atoms with Crippen molar-refractivity contribution in [1.82, 2.24) is 10.2 Å². The fourth-order valence-corrected chi connectivity index (χ4v) is 7.93. The number of nitrogens with zero attached hydrogens (tertiary/aromatic N) is 2. The maximum atomic E-state index is 14.7. The molecule has 4 aromatic rings. The highest BCUT2D eigenvalue weighted by Gasteiger charge is 2.35. The molecular weight excluding hydrogens is 681 g/mol. The zero-order valence-electron chi connectivity index (χ0n) is 27.6. The Balaban J connectivity index is 1.57. The van der Waals surface area contributed by atoms with Gasteiger partial charge >= 0.3 is 0 Å². The number of carbonyl (C=O) groups excluding carboxylic acids is 2. The molecule has 0 spiro atoms. The Hall–Kier alpha value is -4.05. The summed E-state index contributed by atoms with van der Waals surface area (Å²) in [5.74, 6) is -0.367. The number of methoxy groups -OCH3 is 1. The van der Waals surface area contributed by atoms with Crippen molar-refractivity contribution < 1.29 is 22.7 Å². The van der Waals surface area contributed by atoms with Crippen LogP contribution in [0, 0.1) is 6.92 Å². The molecule has 0 heterocycles. The summed E-state index contributed by atoms with van der Waals surface area (Å²) >= 11 is 12.8. The minimum atomic E-state index is -4.25. The molecule has 1 aliphatic rings. The van der Waals surface area contributed by atoms with E-state index in [-0.39, 0.29) is 29.8 Å². The number of aryl methyl sites for hydroxylation is 1. The molecule has 4 aromatic carbocycles. The minimum Gasteiger partial charge on any atom is -0.497 e. The second-order valence-electron chi connectivity index (χ2n) is 12.3. The van der Waals surface area contributed by atoms with E-state index in [1.54, 1.807) is 54.6 Å². The molecule has 1 atom stereocenters. The van der Waals surface area contributed by atoms with Gasteiger partial charge in [0, 0.05) is 29.1 Å². The number of sulfonamides is 1. The molecule has 5 rings (SSSR count). The van der Waals surface area contributed by atoms with Crippen molar-refractivity contribution in [1.29, 1.82) is 0 Å². The van der Waals surface area contributed by atoms with Crippen LogP contribution in [-0.4, -0.2) is 50.9 Å². The minimum absolute atomic E-state index is 0.00454. The highest BCUT2D eigenvalue weighted by molar-refractivity contribution is 7.92. The number of rotatable bonds is 13. The average molecular weight is 723 g/mol. The van der Waals surface area contributed by atoms with Gasteiger partial charge in [-0.1, -0.05) is 96.6 Å². The Morgan fingerprint density at radius 3 is 2.20 bits per heavy atom.